The van der Waals surface area contributed by atoms with Gasteiger partial charge in [-0.25, -0.2) is 0 Å². The molecule has 0 unspecified atom stereocenters. The Morgan fingerprint density at radius 2 is 0.484 bits per heavy atom. The first kappa shape index (κ1) is 35.9. The smallest absolute Gasteiger partial charge is 0.0725 e. The van der Waals surface area contributed by atoms with E-state index in [1.807, 2.05) is 0 Å². The van der Waals surface area contributed by atoms with E-state index in [-0.39, 0.29) is 5.41 Å². The van der Waals surface area contributed by atoms with Gasteiger partial charge < -0.3 is 4.90 Å². The van der Waals surface area contributed by atoms with Crippen LogP contribution in [0.25, 0.3) is 66.8 Å². The van der Waals surface area contributed by atoms with Crippen LogP contribution in [0.15, 0.2) is 249 Å². The zero-order valence-corrected chi connectivity index (χ0v) is 34.1. The molecule has 0 saturated heterocycles. The van der Waals surface area contributed by atoms with Crippen molar-refractivity contribution in [2.24, 2.45) is 0 Å². The van der Waals surface area contributed by atoms with Gasteiger partial charge in [-0.3, -0.25) is 0 Å². The Balaban J connectivity index is 0.934. The van der Waals surface area contributed by atoms with Crippen LogP contribution in [0.5, 0.6) is 0 Å². The highest BCUT2D eigenvalue weighted by Gasteiger charge is 2.51. The summed E-state index contributed by atoms with van der Waals surface area (Å²) in [6, 6.07) is 91.3. The predicted octanol–water partition coefficient (Wildman–Crippen LogP) is 16.2. The standard InChI is InChI=1S/C61H41N/c1-3-13-42(14-4-1)44-23-25-45(26-24-44)46-27-29-47(30-28-46)49-33-37-51(38-34-49)62(50-35-31-48(32-36-50)43-15-5-2-6-16-43)52-39-40-60-56(41-52)55-19-9-12-22-59(55)61(60)57-20-10-7-17-53(57)54-18-8-11-21-58(54)61/h1-41H. The van der Waals surface area contributed by atoms with Crippen LogP contribution >= 0.6 is 0 Å². The molecular formula is C61H41N. The van der Waals surface area contributed by atoms with Gasteiger partial charge in [-0.05, 0) is 125 Å². The number of rotatable bonds is 7. The molecule has 0 atom stereocenters. The Morgan fingerprint density at radius 3 is 0.871 bits per heavy atom. The highest BCUT2D eigenvalue weighted by atomic mass is 15.1. The molecule has 1 heteroatoms. The van der Waals surface area contributed by atoms with Crippen LogP contribution in [0.1, 0.15) is 22.3 Å². The Labute approximate surface area is 363 Å². The molecule has 0 aromatic heterocycles. The van der Waals surface area contributed by atoms with E-state index in [9.17, 15) is 0 Å². The van der Waals surface area contributed by atoms with Crippen LogP contribution in [0, 0.1) is 0 Å². The van der Waals surface area contributed by atoms with Crippen LogP contribution in [-0.4, -0.2) is 0 Å². The Kier molecular flexibility index (Phi) is 8.47. The molecule has 2 aliphatic rings. The fraction of sp³-hybridized carbons (Fsp3) is 0.0164. The molecule has 62 heavy (non-hydrogen) atoms. The SMILES string of the molecule is c1ccc(-c2ccc(-c3ccc(-c4ccc(N(c5ccc(-c6ccccc6)cc5)c5ccc6c(c5)-c5ccccc5C65c6ccccc6-c6ccccc65)cc4)cc3)cc2)cc1. The first-order valence-electron chi connectivity index (χ1n) is 21.5. The Bertz CT molecular complexity index is 3190. The highest BCUT2D eigenvalue weighted by molar-refractivity contribution is 5.96. The molecule has 0 bridgehead atoms. The zero-order chi connectivity index (χ0) is 41.0. The minimum absolute atomic E-state index is 0.372. The van der Waals surface area contributed by atoms with E-state index >= 15 is 0 Å². The lowest BCUT2D eigenvalue weighted by atomic mass is 9.70. The van der Waals surface area contributed by atoms with E-state index in [1.54, 1.807) is 0 Å². The lowest BCUT2D eigenvalue weighted by Crippen LogP contribution is -2.25. The van der Waals surface area contributed by atoms with Crippen molar-refractivity contribution in [1.29, 1.82) is 0 Å². The summed E-state index contributed by atoms with van der Waals surface area (Å²) in [6.07, 6.45) is 0. The monoisotopic (exact) mass is 787 g/mol. The van der Waals surface area contributed by atoms with Crippen LogP contribution in [0.4, 0.5) is 17.1 Å². The Morgan fingerprint density at radius 1 is 0.210 bits per heavy atom. The second kappa shape index (κ2) is 14.6. The van der Waals surface area contributed by atoms with Gasteiger partial charge in [0.1, 0.15) is 0 Å². The van der Waals surface area contributed by atoms with Crippen molar-refractivity contribution in [2.45, 2.75) is 5.41 Å². The molecule has 0 N–H and O–H groups in total. The molecule has 0 saturated carbocycles. The summed E-state index contributed by atoms with van der Waals surface area (Å²) in [7, 11) is 0. The number of hydrogen-bond donors (Lipinski definition) is 0. The van der Waals surface area contributed by atoms with Gasteiger partial charge in [0.25, 0.3) is 0 Å². The molecule has 1 nitrogen and oxygen atoms in total. The Hall–Kier alpha value is -8.00. The lowest BCUT2D eigenvalue weighted by Gasteiger charge is -2.31. The summed E-state index contributed by atoms with van der Waals surface area (Å²) in [4.78, 5) is 2.41. The van der Waals surface area contributed by atoms with Crippen LogP contribution < -0.4 is 4.90 Å². The third-order valence-corrected chi connectivity index (χ3v) is 13.1. The van der Waals surface area contributed by atoms with Gasteiger partial charge in [-0.1, -0.05) is 212 Å². The summed E-state index contributed by atoms with van der Waals surface area (Å²) in [6.45, 7) is 0. The maximum Gasteiger partial charge on any atom is 0.0725 e. The molecule has 10 aromatic carbocycles. The van der Waals surface area contributed by atoms with Gasteiger partial charge in [0, 0.05) is 17.1 Å². The summed E-state index contributed by atoms with van der Waals surface area (Å²) < 4.78 is 0. The van der Waals surface area contributed by atoms with Gasteiger partial charge in [0.15, 0.2) is 0 Å². The average molecular weight is 788 g/mol. The molecule has 1 spiro atoms. The summed E-state index contributed by atoms with van der Waals surface area (Å²) in [5, 5.41) is 0. The minimum Gasteiger partial charge on any atom is -0.310 e. The first-order chi connectivity index (χ1) is 30.7. The normalized spacial score (nSPS) is 12.6. The highest BCUT2D eigenvalue weighted by Crippen LogP contribution is 2.63. The summed E-state index contributed by atoms with van der Waals surface area (Å²) in [5.41, 5.74) is 23.3. The van der Waals surface area contributed by atoms with Crippen molar-refractivity contribution in [3.05, 3.63) is 271 Å². The largest absolute Gasteiger partial charge is 0.310 e. The maximum absolute atomic E-state index is 2.43. The van der Waals surface area contributed by atoms with E-state index in [2.05, 4.69) is 254 Å². The molecule has 0 fully saturated rings. The van der Waals surface area contributed by atoms with Gasteiger partial charge in [-0.2, -0.15) is 0 Å². The van der Waals surface area contributed by atoms with E-state index in [0.29, 0.717) is 0 Å². The van der Waals surface area contributed by atoms with Gasteiger partial charge in [0.05, 0.1) is 5.41 Å². The molecule has 0 radical (unpaired) electrons. The molecule has 290 valence electrons. The zero-order valence-electron chi connectivity index (χ0n) is 34.1. The average Bonchev–Trinajstić information content (AvgIpc) is 3.82. The fourth-order valence-electron chi connectivity index (χ4n) is 10.3. The van der Waals surface area contributed by atoms with Crippen molar-refractivity contribution in [1.82, 2.24) is 0 Å². The number of hydrogen-bond acceptors (Lipinski definition) is 1. The second-order valence-corrected chi connectivity index (χ2v) is 16.4. The van der Waals surface area contributed by atoms with Gasteiger partial charge in [-0.15, -0.1) is 0 Å². The van der Waals surface area contributed by atoms with Gasteiger partial charge >= 0.3 is 0 Å². The number of nitrogens with zero attached hydrogens (tertiary/aromatic N) is 1. The number of fused-ring (bicyclic) bond motifs is 10. The summed E-state index contributed by atoms with van der Waals surface area (Å²) >= 11 is 0. The van der Waals surface area contributed by atoms with Crippen LogP contribution in [0.2, 0.25) is 0 Å². The molecule has 0 aliphatic heterocycles. The molecule has 0 heterocycles. The molecule has 0 amide bonds. The van der Waals surface area contributed by atoms with Crippen molar-refractivity contribution >= 4 is 17.1 Å². The van der Waals surface area contributed by atoms with Crippen LogP contribution in [0.3, 0.4) is 0 Å². The lowest BCUT2D eigenvalue weighted by molar-refractivity contribution is 0.794. The minimum atomic E-state index is -0.372. The van der Waals surface area contributed by atoms with E-state index in [4.69, 9.17) is 0 Å². The third-order valence-electron chi connectivity index (χ3n) is 13.1. The second-order valence-electron chi connectivity index (χ2n) is 16.4. The third kappa shape index (κ3) is 5.70. The predicted molar refractivity (Wildman–Crippen MR) is 259 cm³/mol. The van der Waals surface area contributed by atoms with Gasteiger partial charge in [0.2, 0.25) is 0 Å². The fourth-order valence-corrected chi connectivity index (χ4v) is 10.3. The molecule has 12 rings (SSSR count). The quantitative estimate of drug-likeness (QED) is 0.155. The topological polar surface area (TPSA) is 3.24 Å². The van der Waals surface area contributed by atoms with Crippen molar-refractivity contribution in [2.75, 3.05) is 4.90 Å². The molecular weight excluding hydrogens is 747 g/mol. The first-order valence-corrected chi connectivity index (χ1v) is 21.5. The molecule has 10 aromatic rings. The maximum atomic E-state index is 2.43. The number of benzene rings is 10. The number of anilines is 3. The van der Waals surface area contributed by atoms with Crippen molar-refractivity contribution < 1.29 is 0 Å². The van der Waals surface area contributed by atoms with E-state index in [1.165, 1.54) is 89.0 Å². The summed E-state index contributed by atoms with van der Waals surface area (Å²) in [5.74, 6) is 0. The van der Waals surface area contributed by atoms with Crippen molar-refractivity contribution in [3.8, 4) is 66.8 Å². The molecule has 2 aliphatic carbocycles. The van der Waals surface area contributed by atoms with E-state index < -0.39 is 0 Å². The van der Waals surface area contributed by atoms with E-state index in [0.717, 1.165) is 17.1 Å². The van der Waals surface area contributed by atoms with Crippen molar-refractivity contribution in [3.63, 3.8) is 0 Å². The van der Waals surface area contributed by atoms with Crippen LogP contribution in [-0.2, 0) is 5.41 Å².